The topological polar surface area (TPSA) is 52.4 Å². The summed E-state index contributed by atoms with van der Waals surface area (Å²) in [6, 6.07) is 0.631. The highest BCUT2D eigenvalue weighted by Crippen LogP contribution is 2.26. The van der Waals surface area contributed by atoms with Crippen molar-refractivity contribution in [1.29, 1.82) is 0 Å². The molecule has 0 heterocycles. The van der Waals surface area contributed by atoms with Gasteiger partial charge in [-0.2, -0.15) is 4.39 Å². The molecule has 0 unspecified atom stereocenters. The van der Waals surface area contributed by atoms with Crippen molar-refractivity contribution >= 4 is 5.69 Å². The van der Waals surface area contributed by atoms with Gasteiger partial charge < -0.3 is 4.74 Å². The van der Waals surface area contributed by atoms with Crippen molar-refractivity contribution in [2.24, 2.45) is 0 Å². The van der Waals surface area contributed by atoms with Crippen molar-refractivity contribution in [3.63, 3.8) is 0 Å². The van der Waals surface area contributed by atoms with Crippen molar-refractivity contribution in [3.8, 4) is 5.75 Å². The maximum atomic E-state index is 13.0. The third-order valence-corrected chi connectivity index (χ3v) is 1.56. The molecule has 0 amide bonds. The van der Waals surface area contributed by atoms with E-state index in [4.69, 9.17) is 0 Å². The van der Waals surface area contributed by atoms with Crippen molar-refractivity contribution in [1.82, 2.24) is 0 Å². The van der Waals surface area contributed by atoms with E-state index in [1.54, 1.807) is 0 Å². The van der Waals surface area contributed by atoms with E-state index in [0.29, 0.717) is 6.07 Å². The molecule has 0 saturated carbocycles. The van der Waals surface area contributed by atoms with Crippen molar-refractivity contribution in [2.45, 2.75) is 6.43 Å². The Balaban J connectivity index is 2.96. The zero-order valence-electron chi connectivity index (χ0n) is 7.62. The van der Waals surface area contributed by atoms with Crippen LogP contribution in [-0.4, -0.2) is 18.0 Å². The Morgan fingerprint density at radius 2 is 1.94 bits per heavy atom. The molecular formula is C8H5F4NO3. The number of benzene rings is 1. The Morgan fingerprint density at radius 1 is 1.31 bits per heavy atom. The van der Waals surface area contributed by atoms with Gasteiger partial charge in [0.1, 0.15) is 6.61 Å². The lowest BCUT2D eigenvalue weighted by atomic mass is 10.3. The standard InChI is InChI=1S/C8H5F4NO3/c9-4-2-7(16-3-8(11)12)5(10)1-6(4)13(14)15/h1-2,8H,3H2. The van der Waals surface area contributed by atoms with E-state index in [1.165, 1.54) is 0 Å². The van der Waals surface area contributed by atoms with Crippen molar-refractivity contribution < 1.29 is 27.2 Å². The first-order chi connectivity index (χ1) is 7.41. The van der Waals surface area contributed by atoms with Crippen molar-refractivity contribution in [2.75, 3.05) is 6.61 Å². The molecule has 0 N–H and O–H groups in total. The Bertz CT molecular complexity index is 411. The van der Waals surface area contributed by atoms with E-state index in [2.05, 4.69) is 4.74 Å². The monoisotopic (exact) mass is 239 g/mol. The Hall–Kier alpha value is -1.86. The molecule has 0 aliphatic heterocycles. The van der Waals surface area contributed by atoms with Gasteiger partial charge in [0, 0.05) is 6.07 Å². The van der Waals surface area contributed by atoms with Crippen LogP contribution in [0.5, 0.6) is 5.75 Å². The third-order valence-electron chi connectivity index (χ3n) is 1.56. The first-order valence-corrected chi connectivity index (χ1v) is 3.96. The van der Waals surface area contributed by atoms with Crippen molar-refractivity contribution in [3.05, 3.63) is 33.9 Å². The van der Waals surface area contributed by atoms with Crippen LogP contribution in [0.3, 0.4) is 0 Å². The molecule has 1 rings (SSSR count). The van der Waals surface area contributed by atoms with Gasteiger partial charge in [-0.1, -0.05) is 0 Å². The number of ether oxygens (including phenoxy) is 1. The summed E-state index contributed by atoms with van der Waals surface area (Å²) >= 11 is 0. The van der Waals surface area contributed by atoms with Gasteiger partial charge in [-0.05, 0) is 0 Å². The summed E-state index contributed by atoms with van der Waals surface area (Å²) in [5.74, 6) is -3.41. The molecule has 0 aromatic heterocycles. The van der Waals surface area contributed by atoms with Crippen LogP contribution in [0, 0.1) is 21.7 Å². The second-order valence-corrected chi connectivity index (χ2v) is 2.69. The number of nitro groups is 1. The van der Waals surface area contributed by atoms with Crippen LogP contribution in [0.25, 0.3) is 0 Å². The molecule has 0 spiro atoms. The fourth-order valence-corrected chi connectivity index (χ4v) is 0.921. The summed E-state index contributed by atoms with van der Waals surface area (Å²) in [6.07, 6.45) is -2.85. The Morgan fingerprint density at radius 3 is 2.44 bits per heavy atom. The number of hydrogen-bond acceptors (Lipinski definition) is 3. The smallest absolute Gasteiger partial charge is 0.307 e. The van der Waals surface area contributed by atoms with E-state index in [1.807, 2.05) is 0 Å². The first kappa shape index (κ1) is 12.2. The van der Waals surface area contributed by atoms with Gasteiger partial charge in [-0.3, -0.25) is 10.1 Å². The molecule has 88 valence electrons. The lowest BCUT2D eigenvalue weighted by molar-refractivity contribution is -0.387. The highest BCUT2D eigenvalue weighted by atomic mass is 19.3. The predicted octanol–water partition coefficient (Wildman–Crippen LogP) is 2.52. The first-order valence-electron chi connectivity index (χ1n) is 3.96. The Kier molecular flexibility index (Phi) is 3.64. The van der Waals surface area contributed by atoms with Gasteiger partial charge in [0.05, 0.1) is 11.0 Å². The summed E-state index contributed by atoms with van der Waals surface area (Å²) in [5.41, 5.74) is -1.08. The normalized spacial score (nSPS) is 10.6. The number of alkyl halides is 2. The van der Waals surface area contributed by atoms with E-state index in [9.17, 15) is 27.7 Å². The lowest BCUT2D eigenvalue weighted by Gasteiger charge is -2.06. The van der Waals surface area contributed by atoms with Gasteiger partial charge in [0.25, 0.3) is 6.43 Å². The molecule has 4 nitrogen and oxygen atoms in total. The number of nitrogens with zero attached hydrogens (tertiary/aromatic N) is 1. The molecule has 0 aliphatic rings. The molecule has 0 saturated heterocycles. The summed E-state index contributed by atoms with van der Waals surface area (Å²) in [7, 11) is 0. The van der Waals surface area contributed by atoms with Crippen LogP contribution in [0.4, 0.5) is 23.2 Å². The fraction of sp³-hybridized carbons (Fsp3) is 0.250. The highest BCUT2D eigenvalue weighted by molar-refractivity contribution is 5.39. The van der Waals surface area contributed by atoms with Crippen LogP contribution in [-0.2, 0) is 0 Å². The molecular weight excluding hydrogens is 234 g/mol. The van der Waals surface area contributed by atoms with E-state index in [0.717, 1.165) is 0 Å². The second kappa shape index (κ2) is 4.77. The highest BCUT2D eigenvalue weighted by Gasteiger charge is 2.19. The van der Waals surface area contributed by atoms with E-state index >= 15 is 0 Å². The molecule has 0 fully saturated rings. The minimum atomic E-state index is -2.85. The quantitative estimate of drug-likeness (QED) is 0.460. The van der Waals surface area contributed by atoms with Crippen LogP contribution in [0.1, 0.15) is 0 Å². The molecule has 0 bridgehead atoms. The summed E-state index contributed by atoms with van der Waals surface area (Å²) < 4.78 is 53.6. The molecule has 16 heavy (non-hydrogen) atoms. The zero-order chi connectivity index (χ0) is 12.3. The minimum absolute atomic E-state index is 0.274. The lowest BCUT2D eigenvalue weighted by Crippen LogP contribution is -2.08. The van der Waals surface area contributed by atoms with Gasteiger partial charge in [0.15, 0.2) is 11.6 Å². The Labute approximate surface area is 86.6 Å². The number of hydrogen-bond donors (Lipinski definition) is 0. The largest absolute Gasteiger partial charge is 0.484 e. The van der Waals surface area contributed by atoms with Gasteiger partial charge >= 0.3 is 5.69 Å². The SMILES string of the molecule is O=[N+]([O-])c1cc(F)c(OCC(F)F)cc1F. The van der Waals surface area contributed by atoms with Gasteiger partial charge in [-0.15, -0.1) is 0 Å². The maximum absolute atomic E-state index is 13.0. The molecule has 0 atom stereocenters. The number of nitro benzene ring substituents is 1. The van der Waals surface area contributed by atoms with Gasteiger partial charge in [-0.25, -0.2) is 13.2 Å². The number of rotatable bonds is 4. The molecule has 1 aromatic rings. The van der Waals surface area contributed by atoms with E-state index < -0.39 is 41.0 Å². The summed E-state index contributed by atoms with van der Waals surface area (Å²) in [5, 5.41) is 10.2. The van der Waals surface area contributed by atoms with Crippen LogP contribution in [0.2, 0.25) is 0 Å². The predicted molar refractivity (Wildman–Crippen MR) is 44.5 cm³/mol. The second-order valence-electron chi connectivity index (χ2n) is 2.69. The molecule has 0 radical (unpaired) electrons. The minimum Gasteiger partial charge on any atom is -0.484 e. The molecule has 8 heteroatoms. The third kappa shape index (κ3) is 2.81. The van der Waals surface area contributed by atoms with Gasteiger partial charge in [0.2, 0.25) is 5.82 Å². The van der Waals surface area contributed by atoms with E-state index in [-0.39, 0.29) is 6.07 Å². The average molecular weight is 239 g/mol. The maximum Gasteiger partial charge on any atom is 0.307 e. The van der Waals surface area contributed by atoms with Crippen LogP contribution < -0.4 is 4.74 Å². The molecule has 1 aromatic carbocycles. The average Bonchev–Trinajstić information content (AvgIpc) is 2.18. The zero-order valence-corrected chi connectivity index (χ0v) is 7.62. The molecule has 0 aliphatic carbocycles. The fourth-order valence-electron chi connectivity index (χ4n) is 0.921. The number of halogens is 4. The summed E-state index contributed by atoms with van der Waals surface area (Å²) in [4.78, 5) is 9.06. The van der Waals surface area contributed by atoms with Crippen LogP contribution in [0.15, 0.2) is 12.1 Å². The van der Waals surface area contributed by atoms with Crippen LogP contribution >= 0.6 is 0 Å². The summed E-state index contributed by atoms with van der Waals surface area (Å²) in [6.45, 7) is -1.12.